The summed E-state index contributed by atoms with van der Waals surface area (Å²) in [5, 5.41) is 0. The minimum Gasteiger partial charge on any atom is -0.379 e. The predicted molar refractivity (Wildman–Crippen MR) is 158 cm³/mol. The maximum atomic E-state index is 6.05. The van der Waals surface area contributed by atoms with Crippen molar-refractivity contribution in [3.63, 3.8) is 0 Å². The summed E-state index contributed by atoms with van der Waals surface area (Å²) in [6.45, 7) is 12.3. The summed E-state index contributed by atoms with van der Waals surface area (Å²) in [5.74, 6) is 0. The van der Waals surface area contributed by atoms with E-state index in [0.717, 1.165) is 52.0 Å². The summed E-state index contributed by atoms with van der Waals surface area (Å²) in [5.41, 5.74) is 0. The highest BCUT2D eigenvalue weighted by Crippen LogP contribution is 2.10. The van der Waals surface area contributed by atoms with Crippen molar-refractivity contribution in [2.45, 2.75) is 130 Å². The van der Waals surface area contributed by atoms with Gasteiger partial charge in [-0.2, -0.15) is 0 Å². The van der Waals surface area contributed by atoms with Gasteiger partial charge in [-0.25, -0.2) is 0 Å². The van der Waals surface area contributed by atoms with Crippen molar-refractivity contribution in [2.75, 3.05) is 53.2 Å². The first-order valence-corrected chi connectivity index (χ1v) is 15.5. The Balaban J connectivity index is 3.57. The lowest BCUT2D eigenvalue weighted by atomic mass is 10.1. The number of nitrogens with zero attached hydrogens (tertiary/aromatic N) is 1. The maximum Gasteiger partial charge on any atom is 0.0935 e. The standard InChI is InChI=1S/C32H63NO3/c1-5-8-9-10-11-12-13-14-15-16-17-18-19-20-21-22-23-24-27-35-31-32(30-33(4)25-6-2)36-29-28-34-26-7-3/h11-12,14-15,32H,5-10,13,16-31H2,1-4H3/b12-11-,15-14-. The summed E-state index contributed by atoms with van der Waals surface area (Å²) in [6.07, 6.45) is 29.9. The third-order valence-corrected chi connectivity index (χ3v) is 6.34. The molecule has 0 saturated carbocycles. The molecule has 214 valence electrons. The van der Waals surface area contributed by atoms with E-state index in [1.54, 1.807) is 0 Å². The van der Waals surface area contributed by atoms with Crippen LogP contribution in [0.25, 0.3) is 0 Å². The Morgan fingerprint density at radius 3 is 1.86 bits per heavy atom. The molecular weight excluding hydrogens is 446 g/mol. The SMILES string of the molecule is CCCCC/C=C\C/C=C\CCCCCCCCCCOCC(CN(C)CCC)OCCOCCC. The van der Waals surface area contributed by atoms with Gasteiger partial charge in [-0.1, -0.05) is 96.4 Å². The molecule has 4 nitrogen and oxygen atoms in total. The summed E-state index contributed by atoms with van der Waals surface area (Å²) in [6, 6.07) is 0. The lowest BCUT2D eigenvalue weighted by Gasteiger charge is -2.24. The molecule has 0 heterocycles. The molecule has 0 N–H and O–H groups in total. The van der Waals surface area contributed by atoms with Gasteiger partial charge in [0.1, 0.15) is 0 Å². The van der Waals surface area contributed by atoms with E-state index in [9.17, 15) is 0 Å². The number of unbranched alkanes of at least 4 members (excludes halogenated alkanes) is 11. The number of likely N-dealkylation sites (N-methyl/N-ethyl adjacent to an activating group) is 1. The van der Waals surface area contributed by atoms with Crippen molar-refractivity contribution in [3.05, 3.63) is 24.3 Å². The Bertz CT molecular complexity index is 466. The summed E-state index contributed by atoms with van der Waals surface area (Å²) >= 11 is 0. The van der Waals surface area contributed by atoms with Crippen molar-refractivity contribution < 1.29 is 14.2 Å². The Morgan fingerprint density at radius 2 is 1.22 bits per heavy atom. The fraction of sp³-hybridized carbons (Fsp3) is 0.875. The molecule has 0 amide bonds. The molecule has 4 heteroatoms. The van der Waals surface area contributed by atoms with E-state index in [1.165, 1.54) is 77.0 Å². The molecule has 0 aliphatic heterocycles. The molecule has 0 aromatic carbocycles. The van der Waals surface area contributed by atoms with Gasteiger partial charge in [0.2, 0.25) is 0 Å². The first kappa shape index (κ1) is 35.3. The molecule has 1 unspecified atom stereocenters. The van der Waals surface area contributed by atoms with Crippen LogP contribution in [0.15, 0.2) is 24.3 Å². The van der Waals surface area contributed by atoms with Crippen molar-refractivity contribution in [1.29, 1.82) is 0 Å². The van der Waals surface area contributed by atoms with E-state index in [0.29, 0.717) is 19.8 Å². The van der Waals surface area contributed by atoms with Gasteiger partial charge in [-0.3, -0.25) is 0 Å². The van der Waals surface area contributed by atoms with Crippen LogP contribution in [0.3, 0.4) is 0 Å². The molecule has 1 atom stereocenters. The summed E-state index contributed by atoms with van der Waals surface area (Å²) < 4.78 is 17.6. The number of hydrogen-bond acceptors (Lipinski definition) is 4. The fourth-order valence-electron chi connectivity index (χ4n) is 4.25. The third-order valence-electron chi connectivity index (χ3n) is 6.34. The Labute approximate surface area is 226 Å². The monoisotopic (exact) mass is 509 g/mol. The lowest BCUT2D eigenvalue weighted by Crippen LogP contribution is -2.35. The summed E-state index contributed by atoms with van der Waals surface area (Å²) in [4.78, 5) is 2.34. The van der Waals surface area contributed by atoms with Crippen molar-refractivity contribution in [2.24, 2.45) is 0 Å². The van der Waals surface area contributed by atoms with E-state index >= 15 is 0 Å². The zero-order valence-electron chi connectivity index (χ0n) is 24.8. The van der Waals surface area contributed by atoms with E-state index < -0.39 is 0 Å². The molecule has 0 spiro atoms. The Kier molecular flexibility index (Phi) is 30.0. The topological polar surface area (TPSA) is 30.9 Å². The quantitative estimate of drug-likeness (QED) is 0.0745. The normalized spacial score (nSPS) is 13.0. The second-order valence-electron chi connectivity index (χ2n) is 10.2. The highest BCUT2D eigenvalue weighted by Gasteiger charge is 2.12. The van der Waals surface area contributed by atoms with Crippen LogP contribution < -0.4 is 0 Å². The van der Waals surface area contributed by atoms with Gasteiger partial charge in [0.05, 0.1) is 25.9 Å². The van der Waals surface area contributed by atoms with Crippen LogP contribution in [-0.2, 0) is 14.2 Å². The van der Waals surface area contributed by atoms with Gasteiger partial charge >= 0.3 is 0 Å². The van der Waals surface area contributed by atoms with Crippen LogP contribution in [0.5, 0.6) is 0 Å². The van der Waals surface area contributed by atoms with Crippen LogP contribution >= 0.6 is 0 Å². The number of allylic oxidation sites excluding steroid dienone is 4. The molecule has 36 heavy (non-hydrogen) atoms. The zero-order chi connectivity index (χ0) is 26.4. The average Bonchev–Trinajstić information content (AvgIpc) is 2.87. The average molecular weight is 510 g/mol. The molecule has 0 aliphatic carbocycles. The third kappa shape index (κ3) is 27.9. The first-order chi connectivity index (χ1) is 17.7. The van der Waals surface area contributed by atoms with Crippen LogP contribution in [-0.4, -0.2) is 64.2 Å². The van der Waals surface area contributed by atoms with Gasteiger partial charge in [0.25, 0.3) is 0 Å². The number of rotatable bonds is 29. The smallest absolute Gasteiger partial charge is 0.0935 e. The molecule has 0 aliphatic rings. The maximum absolute atomic E-state index is 6.05. The first-order valence-electron chi connectivity index (χ1n) is 15.5. The Hall–Kier alpha value is -0.680. The molecule has 0 fully saturated rings. The van der Waals surface area contributed by atoms with Gasteiger partial charge < -0.3 is 19.1 Å². The van der Waals surface area contributed by atoms with Gasteiger partial charge in [-0.05, 0) is 65.0 Å². The van der Waals surface area contributed by atoms with Crippen LogP contribution in [0.4, 0.5) is 0 Å². The highest BCUT2D eigenvalue weighted by atomic mass is 16.5. The second-order valence-corrected chi connectivity index (χ2v) is 10.2. The molecule has 0 saturated heterocycles. The van der Waals surface area contributed by atoms with Gasteiger partial charge in [-0.15, -0.1) is 0 Å². The van der Waals surface area contributed by atoms with Crippen LogP contribution in [0.1, 0.15) is 124 Å². The second kappa shape index (κ2) is 30.5. The van der Waals surface area contributed by atoms with Gasteiger partial charge in [0, 0.05) is 19.8 Å². The van der Waals surface area contributed by atoms with Crippen LogP contribution in [0.2, 0.25) is 0 Å². The van der Waals surface area contributed by atoms with E-state index in [1.807, 2.05) is 0 Å². The molecule has 0 bridgehead atoms. The van der Waals surface area contributed by atoms with Gasteiger partial charge in [0.15, 0.2) is 0 Å². The molecule has 0 radical (unpaired) electrons. The lowest BCUT2D eigenvalue weighted by molar-refractivity contribution is -0.0486. The molecule has 0 aromatic rings. The minimum atomic E-state index is 0.133. The summed E-state index contributed by atoms with van der Waals surface area (Å²) in [7, 11) is 2.17. The van der Waals surface area contributed by atoms with Crippen LogP contribution in [0, 0.1) is 0 Å². The van der Waals surface area contributed by atoms with E-state index in [2.05, 4.69) is 57.0 Å². The largest absolute Gasteiger partial charge is 0.379 e. The van der Waals surface area contributed by atoms with Crippen molar-refractivity contribution in [3.8, 4) is 0 Å². The number of ether oxygens (including phenoxy) is 3. The minimum absolute atomic E-state index is 0.133. The van der Waals surface area contributed by atoms with Crippen molar-refractivity contribution >= 4 is 0 Å². The molecule has 0 rings (SSSR count). The molecule has 0 aromatic heterocycles. The van der Waals surface area contributed by atoms with Crippen molar-refractivity contribution in [1.82, 2.24) is 4.90 Å². The Morgan fingerprint density at radius 1 is 0.583 bits per heavy atom. The predicted octanol–water partition coefficient (Wildman–Crippen LogP) is 8.75. The molecular formula is C32H63NO3. The highest BCUT2D eigenvalue weighted by molar-refractivity contribution is 4.92. The fourth-order valence-corrected chi connectivity index (χ4v) is 4.25. The van der Waals surface area contributed by atoms with E-state index in [-0.39, 0.29) is 6.10 Å². The van der Waals surface area contributed by atoms with E-state index in [4.69, 9.17) is 14.2 Å². The zero-order valence-corrected chi connectivity index (χ0v) is 24.8. The number of hydrogen-bond donors (Lipinski definition) is 0.